The van der Waals surface area contributed by atoms with E-state index in [9.17, 15) is 0 Å². The van der Waals surface area contributed by atoms with Crippen molar-refractivity contribution in [1.29, 1.82) is 0 Å². The van der Waals surface area contributed by atoms with Gasteiger partial charge in [-0.3, -0.25) is 0 Å². The molecule has 4 aromatic rings. The summed E-state index contributed by atoms with van der Waals surface area (Å²) in [4.78, 5) is 0. The van der Waals surface area contributed by atoms with Crippen molar-refractivity contribution in [3.63, 3.8) is 0 Å². The highest BCUT2D eigenvalue weighted by atomic mass is 31.1. The SMILES string of the molecule is C[C@@H](C1CCCC1P(c1cccc2ccccc12)c1cccc2ccccc12)P(C(C)(C)C)C(C)(C)C. The standard InChI is InChI=1S/C35H44P2/c1-25(37(34(2,3)4)35(5,6)7)28-21-14-24-31(28)36(32-22-12-17-26-15-8-10-19-29(26)32)33-23-13-18-27-16-9-11-20-30(27)33/h8-13,15-20,22-23,25,28,31H,14,21,24H2,1-7H3/t25-,28?,31?/m0/s1. The molecule has 3 atom stereocenters. The highest BCUT2D eigenvalue weighted by molar-refractivity contribution is 7.74. The van der Waals surface area contributed by atoms with Crippen molar-refractivity contribution in [2.75, 3.05) is 0 Å². The lowest BCUT2D eigenvalue weighted by Crippen LogP contribution is -2.37. The molecule has 37 heavy (non-hydrogen) atoms. The maximum Gasteiger partial charge on any atom is -0.00941 e. The van der Waals surface area contributed by atoms with Gasteiger partial charge in [0.2, 0.25) is 0 Å². The Hall–Kier alpha value is -1.74. The zero-order valence-corrected chi connectivity index (χ0v) is 25.6. The zero-order valence-electron chi connectivity index (χ0n) is 23.8. The van der Waals surface area contributed by atoms with Crippen molar-refractivity contribution in [1.82, 2.24) is 0 Å². The predicted octanol–water partition coefficient (Wildman–Crippen LogP) is 10.1. The van der Waals surface area contributed by atoms with E-state index in [0.29, 0.717) is 10.3 Å². The van der Waals surface area contributed by atoms with E-state index in [-0.39, 0.29) is 7.92 Å². The molecule has 0 radical (unpaired) electrons. The molecule has 5 rings (SSSR count). The summed E-state index contributed by atoms with van der Waals surface area (Å²) in [6.45, 7) is 17.6. The van der Waals surface area contributed by atoms with Crippen LogP contribution in [0.2, 0.25) is 0 Å². The summed E-state index contributed by atoms with van der Waals surface area (Å²) >= 11 is 0. The van der Waals surface area contributed by atoms with Crippen molar-refractivity contribution in [3.05, 3.63) is 84.9 Å². The molecular formula is C35H44P2. The first-order valence-electron chi connectivity index (χ1n) is 14.1. The van der Waals surface area contributed by atoms with E-state index in [4.69, 9.17) is 0 Å². The average molecular weight is 527 g/mol. The van der Waals surface area contributed by atoms with E-state index >= 15 is 0 Å². The van der Waals surface area contributed by atoms with Crippen LogP contribution in [0.3, 0.4) is 0 Å². The minimum absolute atomic E-state index is 0.163. The quantitative estimate of drug-likeness (QED) is 0.227. The third-order valence-corrected chi connectivity index (χ3v) is 15.6. The van der Waals surface area contributed by atoms with Crippen LogP contribution in [0.15, 0.2) is 84.9 Å². The van der Waals surface area contributed by atoms with E-state index < -0.39 is 7.92 Å². The second-order valence-electron chi connectivity index (χ2n) is 13.0. The van der Waals surface area contributed by atoms with Crippen LogP contribution in [-0.4, -0.2) is 21.6 Å². The second-order valence-corrected chi connectivity index (χ2v) is 19.6. The summed E-state index contributed by atoms with van der Waals surface area (Å²) in [6.07, 6.45) is 4.10. The monoisotopic (exact) mass is 526 g/mol. The van der Waals surface area contributed by atoms with Gasteiger partial charge in [-0.15, -0.1) is 0 Å². The zero-order chi connectivity index (χ0) is 26.4. The topological polar surface area (TPSA) is 0 Å². The Labute approximate surface area is 227 Å². The third kappa shape index (κ3) is 5.27. The molecule has 4 aromatic carbocycles. The first kappa shape index (κ1) is 26.9. The minimum Gasteiger partial charge on any atom is -0.0924 e. The fraction of sp³-hybridized carbons (Fsp3) is 0.429. The number of fused-ring (bicyclic) bond motifs is 2. The van der Waals surface area contributed by atoms with Crippen LogP contribution in [0.1, 0.15) is 67.7 Å². The normalized spacial score (nSPS) is 19.8. The Balaban J connectivity index is 1.70. The van der Waals surface area contributed by atoms with Gasteiger partial charge in [-0.25, -0.2) is 0 Å². The summed E-state index contributed by atoms with van der Waals surface area (Å²) < 4.78 is 0. The van der Waals surface area contributed by atoms with Gasteiger partial charge in [-0.05, 0) is 80.5 Å². The highest BCUT2D eigenvalue weighted by Crippen LogP contribution is 2.67. The van der Waals surface area contributed by atoms with Crippen molar-refractivity contribution >= 4 is 48.0 Å². The van der Waals surface area contributed by atoms with Crippen LogP contribution in [0.5, 0.6) is 0 Å². The van der Waals surface area contributed by atoms with Crippen LogP contribution in [0.25, 0.3) is 21.5 Å². The van der Waals surface area contributed by atoms with Gasteiger partial charge >= 0.3 is 0 Å². The van der Waals surface area contributed by atoms with Gasteiger partial charge in [0.05, 0.1) is 0 Å². The fourth-order valence-corrected chi connectivity index (χ4v) is 16.6. The first-order chi connectivity index (χ1) is 17.6. The molecule has 2 unspecified atom stereocenters. The lowest BCUT2D eigenvalue weighted by molar-refractivity contribution is 0.527. The fourth-order valence-electron chi connectivity index (χ4n) is 7.60. The largest absolute Gasteiger partial charge is 0.0924 e. The van der Waals surface area contributed by atoms with Gasteiger partial charge in [0.15, 0.2) is 0 Å². The molecule has 0 bridgehead atoms. The maximum atomic E-state index is 2.63. The molecule has 0 aromatic heterocycles. The van der Waals surface area contributed by atoms with Gasteiger partial charge in [0, 0.05) is 0 Å². The van der Waals surface area contributed by atoms with Crippen molar-refractivity contribution in [2.24, 2.45) is 5.92 Å². The van der Waals surface area contributed by atoms with E-state index in [1.165, 1.54) is 40.8 Å². The molecule has 0 heterocycles. The van der Waals surface area contributed by atoms with E-state index in [2.05, 4.69) is 133 Å². The highest BCUT2D eigenvalue weighted by Gasteiger charge is 2.46. The summed E-state index contributed by atoms with van der Waals surface area (Å²) in [6, 6.07) is 32.3. The van der Waals surface area contributed by atoms with E-state index in [1.54, 1.807) is 10.6 Å². The number of benzene rings is 4. The smallest absolute Gasteiger partial charge is 0.00941 e. The summed E-state index contributed by atoms with van der Waals surface area (Å²) in [7, 11) is -0.672. The number of rotatable bonds is 5. The molecule has 0 saturated heterocycles. The molecule has 2 heteroatoms. The van der Waals surface area contributed by atoms with E-state index in [1.807, 2.05) is 0 Å². The van der Waals surface area contributed by atoms with Crippen LogP contribution in [-0.2, 0) is 0 Å². The molecule has 194 valence electrons. The Kier molecular flexibility index (Phi) is 7.57. The van der Waals surface area contributed by atoms with Crippen molar-refractivity contribution in [2.45, 2.75) is 89.4 Å². The molecule has 1 aliphatic carbocycles. The minimum atomic E-state index is -0.509. The van der Waals surface area contributed by atoms with Gasteiger partial charge in [-0.1, -0.05) is 148 Å². The first-order valence-corrected chi connectivity index (χ1v) is 16.9. The van der Waals surface area contributed by atoms with Crippen molar-refractivity contribution < 1.29 is 0 Å². The molecule has 0 spiro atoms. The molecule has 1 aliphatic rings. The Morgan fingerprint density at radius 1 is 0.622 bits per heavy atom. The Morgan fingerprint density at radius 2 is 1.08 bits per heavy atom. The van der Waals surface area contributed by atoms with E-state index in [0.717, 1.165) is 17.2 Å². The lowest BCUT2D eigenvalue weighted by Gasteiger charge is -2.49. The van der Waals surface area contributed by atoms with Crippen LogP contribution >= 0.6 is 15.8 Å². The third-order valence-electron chi connectivity index (χ3n) is 8.39. The predicted molar refractivity (Wildman–Crippen MR) is 171 cm³/mol. The lowest BCUT2D eigenvalue weighted by atomic mass is 10.0. The second kappa shape index (κ2) is 10.4. The molecule has 0 aliphatic heterocycles. The molecule has 0 N–H and O–H groups in total. The molecule has 1 saturated carbocycles. The maximum absolute atomic E-state index is 2.63. The van der Waals surface area contributed by atoms with Crippen LogP contribution < -0.4 is 10.6 Å². The van der Waals surface area contributed by atoms with Gasteiger partial charge in [-0.2, -0.15) is 0 Å². The number of hydrogen-bond acceptors (Lipinski definition) is 0. The summed E-state index contributed by atoms with van der Waals surface area (Å²) in [5.41, 5.74) is 1.47. The van der Waals surface area contributed by atoms with Gasteiger partial charge in [0.25, 0.3) is 0 Å². The number of hydrogen-bond donors (Lipinski definition) is 0. The van der Waals surface area contributed by atoms with Gasteiger partial charge in [0.1, 0.15) is 0 Å². The van der Waals surface area contributed by atoms with Crippen LogP contribution in [0.4, 0.5) is 0 Å². The Bertz CT molecular complexity index is 1270. The average Bonchev–Trinajstić information content (AvgIpc) is 3.32. The molecule has 1 fully saturated rings. The summed E-state index contributed by atoms with van der Waals surface area (Å²) in [5, 5.41) is 9.54. The summed E-state index contributed by atoms with van der Waals surface area (Å²) in [5.74, 6) is 0.772. The van der Waals surface area contributed by atoms with Crippen molar-refractivity contribution in [3.8, 4) is 0 Å². The molecule has 0 nitrogen and oxygen atoms in total. The molecule has 0 amide bonds. The van der Waals surface area contributed by atoms with Crippen LogP contribution in [0, 0.1) is 5.92 Å². The molecular weight excluding hydrogens is 482 g/mol. The van der Waals surface area contributed by atoms with Gasteiger partial charge < -0.3 is 0 Å². The Morgan fingerprint density at radius 3 is 1.57 bits per heavy atom.